The Kier molecular flexibility index (Phi) is 6.92. The van der Waals surface area contributed by atoms with Crippen molar-refractivity contribution in [2.45, 2.75) is 25.9 Å². The van der Waals surface area contributed by atoms with Crippen LogP contribution in [0.15, 0.2) is 61.1 Å². The molecule has 0 saturated carbocycles. The monoisotopic (exact) mass is 488 g/mol. The highest BCUT2D eigenvalue weighted by atomic mass is 19.1. The molecule has 9 heteroatoms. The molecule has 0 aliphatic carbocycles. The van der Waals surface area contributed by atoms with Crippen molar-refractivity contribution in [2.75, 3.05) is 26.2 Å². The minimum Gasteiger partial charge on any atom is -0.453 e. The maximum Gasteiger partial charge on any atom is 0.239 e. The van der Waals surface area contributed by atoms with E-state index in [1.165, 1.54) is 6.07 Å². The van der Waals surface area contributed by atoms with Crippen molar-refractivity contribution in [3.05, 3.63) is 83.7 Å². The molecular formula is C27H29FN6O2. The lowest BCUT2D eigenvalue weighted by molar-refractivity contribution is -0.134. The largest absolute Gasteiger partial charge is 0.453 e. The molecular weight excluding hydrogens is 459 g/mol. The third kappa shape index (κ3) is 5.22. The molecule has 186 valence electrons. The fourth-order valence-corrected chi connectivity index (χ4v) is 4.56. The van der Waals surface area contributed by atoms with Gasteiger partial charge in [0.25, 0.3) is 0 Å². The molecule has 0 radical (unpaired) electrons. The number of ether oxygens (including phenoxy) is 1. The molecule has 5 rings (SSSR count). The fraction of sp³-hybridized carbons (Fsp3) is 0.296. The van der Waals surface area contributed by atoms with E-state index >= 15 is 0 Å². The number of nitrogens with zero attached hydrogens (tertiary/aromatic N) is 4. The molecule has 1 saturated heterocycles. The lowest BCUT2D eigenvalue weighted by atomic mass is 10.0. The van der Waals surface area contributed by atoms with Crippen LogP contribution in [-0.2, 0) is 17.8 Å². The third-order valence-electron chi connectivity index (χ3n) is 6.52. The molecule has 0 bridgehead atoms. The number of fused-ring (bicyclic) bond motifs is 1. The maximum absolute atomic E-state index is 14.9. The highest BCUT2D eigenvalue weighted by Crippen LogP contribution is 2.32. The van der Waals surface area contributed by atoms with Crippen molar-refractivity contribution in [3.63, 3.8) is 0 Å². The number of aromatic amines is 1. The molecule has 1 fully saturated rings. The van der Waals surface area contributed by atoms with Gasteiger partial charge in [0.05, 0.1) is 17.1 Å². The Morgan fingerprint density at radius 2 is 1.94 bits per heavy atom. The summed E-state index contributed by atoms with van der Waals surface area (Å²) in [5, 5.41) is 0.814. The zero-order valence-electron chi connectivity index (χ0n) is 20.2. The predicted molar refractivity (Wildman–Crippen MR) is 135 cm³/mol. The summed E-state index contributed by atoms with van der Waals surface area (Å²) in [4.78, 5) is 28.7. The van der Waals surface area contributed by atoms with E-state index in [2.05, 4.69) is 19.9 Å². The Morgan fingerprint density at radius 1 is 1.11 bits per heavy atom. The highest BCUT2D eigenvalue weighted by Gasteiger charge is 2.26. The van der Waals surface area contributed by atoms with Crippen molar-refractivity contribution in [1.82, 2.24) is 24.8 Å². The Morgan fingerprint density at radius 3 is 2.69 bits per heavy atom. The minimum absolute atomic E-state index is 0.107. The number of carbonyl (C=O) groups excluding carboxylic acids is 1. The lowest BCUT2D eigenvalue weighted by Gasteiger charge is -2.35. The van der Waals surface area contributed by atoms with Crippen LogP contribution >= 0.6 is 0 Å². The van der Waals surface area contributed by atoms with Crippen LogP contribution in [0.2, 0.25) is 0 Å². The number of piperazine rings is 1. The van der Waals surface area contributed by atoms with Gasteiger partial charge in [-0.3, -0.25) is 14.7 Å². The van der Waals surface area contributed by atoms with Crippen LogP contribution in [-0.4, -0.2) is 62.9 Å². The first-order chi connectivity index (χ1) is 17.5. The van der Waals surface area contributed by atoms with Gasteiger partial charge >= 0.3 is 0 Å². The highest BCUT2D eigenvalue weighted by molar-refractivity contribution is 5.86. The minimum atomic E-state index is -0.735. The molecule has 4 heterocycles. The number of pyridine rings is 2. The summed E-state index contributed by atoms with van der Waals surface area (Å²) in [6.07, 6.45) is 5.49. The van der Waals surface area contributed by atoms with Crippen LogP contribution < -0.4 is 10.5 Å². The smallest absolute Gasteiger partial charge is 0.239 e. The second-order valence-electron chi connectivity index (χ2n) is 9.10. The van der Waals surface area contributed by atoms with Crippen molar-refractivity contribution >= 4 is 16.9 Å². The van der Waals surface area contributed by atoms with E-state index in [9.17, 15) is 9.18 Å². The van der Waals surface area contributed by atoms with E-state index in [4.69, 9.17) is 10.5 Å². The Hall–Kier alpha value is -3.82. The number of carbonyl (C=O) groups is 1. The molecule has 1 atom stereocenters. The number of halogens is 1. The average molecular weight is 489 g/mol. The van der Waals surface area contributed by atoms with E-state index in [0.29, 0.717) is 30.0 Å². The van der Waals surface area contributed by atoms with Crippen LogP contribution in [0, 0.1) is 12.7 Å². The molecule has 4 aromatic rings. The molecule has 1 amide bonds. The first kappa shape index (κ1) is 23.9. The summed E-state index contributed by atoms with van der Waals surface area (Å²) >= 11 is 0. The van der Waals surface area contributed by atoms with Gasteiger partial charge in [-0.2, -0.15) is 0 Å². The maximum atomic E-state index is 14.9. The molecule has 1 aliphatic heterocycles. The molecule has 1 aliphatic rings. The topological polar surface area (TPSA) is 100 Å². The summed E-state index contributed by atoms with van der Waals surface area (Å²) in [7, 11) is 0. The first-order valence-electron chi connectivity index (χ1n) is 12.0. The Labute approximate surface area is 208 Å². The second-order valence-corrected chi connectivity index (χ2v) is 9.10. The Balaban J connectivity index is 1.17. The van der Waals surface area contributed by atoms with Gasteiger partial charge in [-0.05, 0) is 54.8 Å². The quantitative estimate of drug-likeness (QED) is 0.414. The van der Waals surface area contributed by atoms with Crippen LogP contribution in [0.4, 0.5) is 4.39 Å². The van der Waals surface area contributed by atoms with Crippen LogP contribution in [0.1, 0.15) is 16.8 Å². The normalized spacial score (nSPS) is 15.2. The second kappa shape index (κ2) is 10.4. The van der Waals surface area contributed by atoms with Gasteiger partial charge in [0.15, 0.2) is 11.6 Å². The van der Waals surface area contributed by atoms with Crippen molar-refractivity contribution in [3.8, 4) is 11.5 Å². The summed E-state index contributed by atoms with van der Waals surface area (Å²) in [5.41, 5.74) is 9.55. The van der Waals surface area contributed by atoms with Gasteiger partial charge < -0.3 is 20.4 Å². The van der Waals surface area contributed by atoms with Gasteiger partial charge in [0.1, 0.15) is 11.4 Å². The Bertz CT molecular complexity index is 1350. The van der Waals surface area contributed by atoms with Crippen molar-refractivity contribution in [1.29, 1.82) is 0 Å². The summed E-state index contributed by atoms with van der Waals surface area (Å²) in [6, 6.07) is 11.6. The SMILES string of the molecule is Cc1c[nH]c2nccc(Oc3ccc(C[C@H](N)C(=O)N4CCN(Cc5ccccn5)CC4)cc3F)c12. The van der Waals surface area contributed by atoms with Gasteiger partial charge in [0.2, 0.25) is 5.91 Å². The number of rotatable bonds is 7. The molecule has 8 nitrogen and oxygen atoms in total. The molecule has 3 aromatic heterocycles. The number of nitrogens with one attached hydrogen (secondary N) is 1. The number of H-pyrrole nitrogens is 1. The number of amides is 1. The van der Waals surface area contributed by atoms with E-state index in [-0.39, 0.29) is 18.1 Å². The van der Waals surface area contributed by atoms with E-state index in [1.807, 2.05) is 31.3 Å². The predicted octanol–water partition coefficient (Wildman–Crippen LogP) is 3.41. The van der Waals surface area contributed by atoms with Crippen LogP contribution in [0.5, 0.6) is 11.5 Å². The number of hydrogen-bond acceptors (Lipinski definition) is 6. The van der Waals surface area contributed by atoms with Gasteiger partial charge in [0, 0.05) is 51.3 Å². The number of hydrogen-bond donors (Lipinski definition) is 2. The first-order valence-corrected chi connectivity index (χ1v) is 12.0. The molecule has 0 spiro atoms. The van der Waals surface area contributed by atoms with Crippen LogP contribution in [0.25, 0.3) is 11.0 Å². The third-order valence-corrected chi connectivity index (χ3v) is 6.52. The summed E-state index contributed by atoms with van der Waals surface area (Å²) < 4.78 is 20.8. The summed E-state index contributed by atoms with van der Waals surface area (Å²) in [6.45, 7) is 5.44. The van der Waals surface area contributed by atoms with Crippen molar-refractivity contribution < 1.29 is 13.9 Å². The zero-order chi connectivity index (χ0) is 25.1. The summed E-state index contributed by atoms with van der Waals surface area (Å²) in [5.74, 6) is 0.0130. The van der Waals surface area contributed by atoms with Gasteiger partial charge in [-0.25, -0.2) is 9.37 Å². The number of aryl methyl sites for hydroxylation is 1. The van der Waals surface area contributed by atoms with Crippen LogP contribution in [0.3, 0.4) is 0 Å². The van der Waals surface area contributed by atoms with E-state index in [1.54, 1.807) is 35.5 Å². The fourth-order valence-electron chi connectivity index (χ4n) is 4.56. The van der Waals surface area contributed by atoms with E-state index < -0.39 is 11.9 Å². The van der Waals surface area contributed by atoms with Gasteiger partial charge in [-0.1, -0.05) is 12.1 Å². The van der Waals surface area contributed by atoms with E-state index in [0.717, 1.165) is 36.3 Å². The number of benzene rings is 1. The molecule has 0 unspecified atom stereocenters. The lowest BCUT2D eigenvalue weighted by Crippen LogP contribution is -2.53. The number of nitrogens with two attached hydrogens (primary N) is 1. The molecule has 3 N–H and O–H groups in total. The average Bonchev–Trinajstić information content (AvgIpc) is 3.28. The van der Waals surface area contributed by atoms with Gasteiger partial charge in [-0.15, -0.1) is 0 Å². The van der Waals surface area contributed by atoms with Crippen molar-refractivity contribution in [2.24, 2.45) is 5.73 Å². The zero-order valence-corrected chi connectivity index (χ0v) is 20.2. The number of aromatic nitrogens is 3. The molecule has 36 heavy (non-hydrogen) atoms. The standard InChI is InChI=1S/C27H29FN6O2/c1-18-16-32-26-25(18)24(7-9-31-26)36-23-6-5-19(14-21(23)28)15-22(29)27(35)34-12-10-33(11-13-34)17-20-4-2-3-8-30-20/h2-9,14,16,22H,10-13,15,17,29H2,1H3,(H,31,32)/t22-/m0/s1. The molecule has 1 aromatic carbocycles.